The van der Waals surface area contributed by atoms with Gasteiger partial charge in [0, 0.05) is 38.1 Å². The van der Waals surface area contributed by atoms with E-state index in [1.54, 1.807) is 24.3 Å². The largest absolute Gasteiger partial charge is 0.352 e. The summed E-state index contributed by atoms with van der Waals surface area (Å²) in [5.74, 6) is -0.735. The van der Waals surface area contributed by atoms with Crippen LogP contribution in [0.2, 0.25) is 5.02 Å². The number of anilines is 1. The summed E-state index contributed by atoms with van der Waals surface area (Å²) in [6.45, 7) is 3.30. The second-order valence-electron chi connectivity index (χ2n) is 11.8. The third kappa shape index (κ3) is 8.61. The molecule has 0 heterocycles. The van der Waals surface area contributed by atoms with E-state index in [9.17, 15) is 18.0 Å². The summed E-state index contributed by atoms with van der Waals surface area (Å²) in [7, 11) is -1.19. The minimum atomic E-state index is -4.07. The Morgan fingerprint density at radius 1 is 0.909 bits per heavy atom. The first-order valence-electron chi connectivity index (χ1n) is 15.1. The Hall–Kier alpha value is -3.40. The van der Waals surface area contributed by atoms with Gasteiger partial charge in [0.25, 0.3) is 0 Å². The van der Waals surface area contributed by atoms with E-state index >= 15 is 0 Å². The number of nitrogens with zero attached hydrogens (tertiary/aromatic N) is 3. The summed E-state index contributed by atoms with van der Waals surface area (Å²) >= 11 is 6.32. The topological polar surface area (TPSA) is 90.0 Å². The molecule has 1 aliphatic rings. The molecule has 0 bridgehead atoms. The summed E-state index contributed by atoms with van der Waals surface area (Å²) in [5.41, 5.74) is 3.63. The van der Waals surface area contributed by atoms with Crippen LogP contribution < -0.4 is 9.62 Å². The normalized spacial score (nSPS) is 14.7. The Labute approximate surface area is 267 Å². The Bertz CT molecular complexity index is 1540. The van der Waals surface area contributed by atoms with Crippen molar-refractivity contribution in [3.05, 3.63) is 100 Å². The van der Waals surface area contributed by atoms with Gasteiger partial charge in [-0.15, -0.1) is 0 Å². The predicted octanol–water partition coefficient (Wildman–Crippen LogP) is 5.66. The lowest BCUT2D eigenvalue weighted by molar-refractivity contribution is -0.140. The fourth-order valence-electron chi connectivity index (χ4n) is 5.62. The van der Waals surface area contributed by atoms with Gasteiger partial charge in [-0.1, -0.05) is 85.5 Å². The van der Waals surface area contributed by atoms with Crippen molar-refractivity contribution in [2.75, 3.05) is 24.9 Å². The summed E-state index contributed by atoms with van der Waals surface area (Å²) in [4.78, 5) is 30.1. The van der Waals surface area contributed by atoms with Crippen LogP contribution in [0, 0.1) is 13.8 Å². The molecule has 236 valence electrons. The van der Waals surface area contributed by atoms with Crippen LogP contribution in [0.15, 0.2) is 72.8 Å². The highest BCUT2D eigenvalue weighted by Gasteiger charge is 2.36. The van der Waals surface area contributed by atoms with Crippen molar-refractivity contribution >= 4 is 39.3 Å². The second-order valence-corrected chi connectivity index (χ2v) is 14.3. The predicted molar refractivity (Wildman–Crippen MR) is 177 cm³/mol. The fraction of sp³-hybridized carbons (Fsp3) is 0.412. The lowest BCUT2D eigenvalue weighted by Gasteiger charge is -2.36. The third-order valence-electron chi connectivity index (χ3n) is 8.12. The monoisotopic (exact) mass is 638 g/mol. The minimum absolute atomic E-state index is 0.0400. The highest BCUT2D eigenvalue weighted by molar-refractivity contribution is 7.90. The highest BCUT2D eigenvalue weighted by Crippen LogP contribution is 2.27. The Morgan fingerprint density at radius 2 is 1.59 bits per heavy atom. The van der Waals surface area contributed by atoms with Crippen molar-refractivity contribution in [1.82, 2.24) is 14.5 Å². The van der Waals surface area contributed by atoms with Crippen LogP contribution in [-0.2, 0) is 32.8 Å². The van der Waals surface area contributed by atoms with Crippen LogP contribution >= 0.6 is 11.6 Å². The molecular weight excluding hydrogens is 596 g/mol. The molecule has 2 amide bonds. The van der Waals surface area contributed by atoms with Crippen molar-refractivity contribution in [2.24, 2.45) is 0 Å². The number of hydrogen-bond donors (Lipinski definition) is 1. The molecule has 1 N–H and O–H groups in total. The molecule has 0 aromatic heterocycles. The van der Waals surface area contributed by atoms with E-state index in [4.69, 9.17) is 11.6 Å². The summed E-state index contributed by atoms with van der Waals surface area (Å²) in [5, 5.41) is 3.73. The average molecular weight is 639 g/mol. The Kier molecular flexibility index (Phi) is 11.5. The van der Waals surface area contributed by atoms with Gasteiger partial charge in [0.15, 0.2) is 0 Å². The van der Waals surface area contributed by atoms with Gasteiger partial charge in [0.05, 0.1) is 5.69 Å². The lowest BCUT2D eigenvalue weighted by atomic mass is 9.94. The lowest BCUT2D eigenvalue weighted by Crippen LogP contribution is -2.55. The SMILES string of the molecule is Cc1ccc(C)c(N(CC(=O)N(Cc2cccc(Cl)c2)C(Cc2ccccc2)C(=O)NC2CCCCC2)S(=O)(=O)N(C)C)c1. The highest BCUT2D eigenvalue weighted by atomic mass is 35.5. The molecule has 0 spiro atoms. The molecule has 4 rings (SSSR count). The number of nitrogens with one attached hydrogen (secondary N) is 1. The van der Waals surface area contributed by atoms with E-state index in [2.05, 4.69) is 5.32 Å². The molecular formula is C34H43ClN4O4S. The van der Waals surface area contributed by atoms with Gasteiger partial charge >= 0.3 is 10.2 Å². The molecule has 44 heavy (non-hydrogen) atoms. The first-order valence-corrected chi connectivity index (χ1v) is 16.9. The molecule has 3 aromatic carbocycles. The number of carbonyl (C=O) groups is 2. The van der Waals surface area contributed by atoms with E-state index in [1.807, 2.05) is 62.4 Å². The van der Waals surface area contributed by atoms with E-state index < -0.39 is 28.7 Å². The number of amides is 2. The molecule has 0 aliphatic heterocycles. The first kappa shape index (κ1) is 33.5. The number of aryl methyl sites for hydroxylation is 2. The molecule has 1 atom stereocenters. The molecule has 1 unspecified atom stereocenters. The molecule has 1 fully saturated rings. The number of rotatable bonds is 12. The second kappa shape index (κ2) is 15.1. The van der Waals surface area contributed by atoms with Gasteiger partial charge in [-0.3, -0.25) is 9.59 Å². The van der Waals surface area contributed by atoms with E-state index in [1.165, 1.54) is 19.0 Å². The van der Waals surface area contributed by atoms with Crippen molar-refractivity contribution in [3.8, 4) is 0 Å². The molecule has 1 aliphatic carbocycles. The van der Waals surface area contributed by atoms with Crippen LogP contribution in [0.25, 0.3) is 0 Å². The average Bonchev–Trinajstić information content (AvgIpc) is 2.99. The standard InChI is InChI=1S/C34H43ClN4O4S/c1-25-18-19-26(2)31(20-25)39(44(42,43)37(3)4)24-33(40)38(23-28-14-11-15-29(35)21-28)32(22-27-12-7-5-8-13-27)34(41)36-30-16-9-6-10-17-30/h5,7-8,11-15,18-21,30,32H,6,9-10,16-17,22-24H2,1-4H3,(H,36,41). The van der Waals surface area contributed by atoms with Crippen LogP contribution in [-0.4, -0.2) is 62.2 Å². The quantitative estimate of drug-likeness (QED) is 0.277. The van der Waals surface area contributed by atoms with E-state index in [0.29, 0.717) is 16.3 Å². The summed E-state index contributed by atoms with van der Waals surface area (Å²) in [6, 6.07) is 21.4. The van der Waals surface area contributed by atoms with Gasteiger partial charge in [0.1, 0.15) is 12.6 Å². The molecule has 3 aromatic rings. The van der Waals surface area contributed by atoms with E-state index in [0.717, 1.165) is 57.4 Å². The number of halogens is 1. The van der Waals surface area contributed by atoms with E-state index in [-0.39, 0.29) is 24.9 Å². The fourth-order valence-corrected chi connectivity index (χ4v) is 6.95. The molecule has 1 saturated carbocycles. The van der Waals surface area contributed by atoms with Gasteiger partial charge in [-0.2, -0.15) is 12.7 Å². The summed E-state index contributed by atoms with van der Waals surface area (Å²) < 4.78 is 29.6. The van der Waals surface area contributed by atoms with Gasteiger partial charge < -0.3 is 10.2 Å². The maximum Gasteiger partial charge on any atom is 0.304 e. The zero-order chi connectivity index (χ0) is 31.9. The maximum absolute atomic E-state index is 14.5. The first-order chi connectivity index (χ1) is 21.0. The smallest absolute Gasteiger partial charge is 0.304 e. The van der Waals surface area contributed by atoms with Gasteiger partial charge in [0.2, 0.25) is 11.8 Å². The summed E-state index contributed by atoms with van der Waals surface area (Å²) in [6.07, 6.45) is 5.31. The van der Waals surface area contributed by atoms with Gasteiger partial charge in [-0.05, 0) is 67.1 Å². The molecule has 0 saturated heterocycles. The van der Waals surface area contributed by atoms with Crippen LogP contribution in [0.1, 0.15) is 54.4 Å². The molecule has 8 nitrogen and oxygen atoms in total. The minimum Gasteiger partial charge on any atom is -0.352 e. The van der Waals surface area contributed by atoms with Crippen molar-refractivity contribution in [1.29, 1.82) is 0 Å². The maximum atomic E-state index is 14.5. The van der Waals surface area contributed by atoms with Crippen molar-refractivity contribution in [3.63, 3.8) is 0 Å². The number of hydrogen-bond acceptors (Lipinski definition) is 4. The van der Waals surface area contributed by atoms with Crippen LogP contribution in [0.5, 0.6) is 0 Å². The third-order valence-corrected chi connectivity index (χ3v) is 10.2. The molecule has 10 heteroatoms. The Morgan fingerprint density at radius 3 is 2.25 bits per heavy atom. The number of carbonyl (C=O) groups excluding carboxylic acids is 2. The number of benzene rings is 3. The van der Waals surface area contributed by atoms with Crippen molar-refractivity contribution < 1.29 is 18.0 Å². The van der Waals surface area contributed by atoms with Crippen LogP contribution in [0.4, 0.5) is 5.69 Å². The zero-order valence-electron chi connectivity index (χ0n) is 26.0. The molecule has 0 radical (unpaired) electrons. The zero-order valence-corrected chi connectivity index (χ0v) is 27.6. The Balaban J connectivity index is 1.78. The van der Waals surface area contributed by atoms with Gasteiger partial charge in [-0.25, -0.2) is 4.31 Å². The van der Waals surface area contributed by atoms with Crippen molar-refractivity contribution in [2.45, 2.75) is 71.0 Å². The van der Waals surface area contributed by atoms with Crippen LogP contribution in [0.3, 0.4) is 0 Å².